The third-order valence-electron chi connectivity index (χ3n) is 9.10. The van der Waals surface area contributed by atoms with Crippen LogP contribution in [0.5, 0.6) is 0 Å². The summed E-state index contributed by atoms with van der Waals surface area (Å²) in [4.78, 5) is 22.5. The largest absolute Gasteiger partial charge is 0.469 e. The minimum atomic E-state index is -0.516. The van der Waals surface area contributed by atoms with Crippen molar-refractivity contribution in [3.63, 3.8) is 0 Å². The van der Waals surface area contributed by atoms with Gasteiger partial charge in [-0.2, -0.15) is 0 Å². The van der Waals surface area contributed by atoms with E-state index in [0.29, 0.717) is 12.0 Å². The first-order chi connectivity index (χ1) is 15.5. The lowest BCUT2D eigenvalue weighted by atomic mass is 9.55. The van der Waals surface area contributed by atoms with Crippen molar-refractivity contribution >= 4 is 16.9 Å². The normalized spacial score (nSPS) is 35.2. The van der Waals surface area contributed by atoms with Crippen LogP contribution in [0.4, 0.5) is 0 Å². The predicted molar refractivity (Wildman–Crippen MR) is 126 cm³/mol. The van der Waals surface area contributed by atoms with E-state index in [1.807, 2.05) is 0 Å². The fourth-order valence-electron chi connectivity index (χ4n) is 7.85. The molecule has 0 bridgehead atoms. The molecule has 4 heterocycles. The van der Waals surface area contributed by atoms with Crippen LogP contribution in [-0.2, 0) is 16.0 Å². The number of likely N-dealkylation sites (tertiary alicyclic amines) is 1. The van der Waals surface area contributed by atoms with E-state index in [1.165, 1.54) is 40.6 Å². The lowest BCUT2D eigenvalue weighted by Gasteiger charge is -2.57. The number of fused-ring (bicyclic) bond motifs is 7. The predicted octanol–water partition coefficient (Wildman–Crippen LogP) is 4.31. The number of nitrogens with zero attached hydrogens (tertiary/aromatic N) is 2. The average molecular weight is 434 g/mol. The van der Waals surface area contributed by atoms with Gasteiger partial charge in [0.05, 0.1) is 18.6 Å². The molecule has 0 spiro atoms. The Morgan fingerprint density at radius 2 is 1.91 bits per heavy atom. The molecule has 6 rings (SSSR count). The number of para-hydroxylation sites is 1. The van der Waals surface area contributed by atoms with Crippen LogP contribution in [0, 0.1) is 17.3 Å². The Morgan fingerprint density at radius 3 is 2.69 bits per heavy atom. The molecule has 32 heavy (non-hydrogen) atoms. The van der Waals surface area contributed by atoms with E-state index >= 15 is 0 Å². The fourth-order valence-corrected chi connectivity index (χ4v) is 7.85. The summed E-state index contributed by atoms with van der Waals surface area (Å²) in [5.74, 6) is 0.569. The van der Waals surface area contributed by atoms with E-state index in [2.05, 4.69) is 59.0 Å². The summed E-state index contributed by atoms with van der Waals surface area (Å²) in [7, 11) is 1.57. The van der Waals surface area contributed by atoms with Gasteiger partial charge >= 0.3 is 5.97 Å². The molecule has 170 valence electrons. The van der Waals surface area contributed by atoms with Crippen molar-refractivity contribution in [2.45, 2.75) is 51.6 Å². The Kier molecular flexibility index (Phi) is 4.78. The minimum Gasteiger partial charge on any atom is -0.469 e. The van der Waals surface area contributed by atoms with Crippen molar-refractivity contribution in [2.24, 2.45) is 17.3 Å². The van der Waals surface area contributed by atoms with Crippen LogP contribution in [0.3, 0.4) is 0 Å². The molecule has 5 heteroatoms. The van der Waals surface area contributed by atoms with E-state index in [-0.39, 0.29) is 17.9 Å². The molecule has 0 radical (unpaired) electrons. The second-order valence-electron chi connectivity index (χ2n) is 10.6. The molecular weight excluding hydrogens is 398 g/mol. The van der Waals surface area contributed by atoms with Gasteiger partial charge in [-0.1, -0.05) is 29.8 Å². The molecule has 4 aliphatic rings. The van der Waals surface area contributed by atoms with E-state index in [0.717, 1.165) is 39.0 Å². The lowest BCUT2D eigenvalue weighted by Crippen LogP contribution is -2.62. The van der Waals surface area contributed by atoms with Gasteiger partial charge in [-0.05, 0) is 76.7 Å². The Morgan fingerprint density at radius 1 is 1.12 bits per heavy atom. The summed E-state index contributed by atoms with van der Waals surface area (Å²) in [5.41, 5.74) is 4.94. The van der Waals surface area contributed by atoms with E-state index in [9.17, 15) is 4.79 Å². The number of piperidine rings is 1. The van der Waals surface area contributed by atoms with Crippen molar-refractivity contribution in [3.05, 3.63) is 47.2 Å². The minimum absolute atomic E-state index is 0.0296. The maximum Gasteiger partial charge on any atom is 0.313 e. The lowest BCUT2D eigenvalue weighted by molar-refractivity contribution is -0.165. The molecule has 1 aromatic carbocycles. The highest BCUT2D eigenvalue weighted by Crippen LogP contribution is 2.56. The summed E-state index contributed by atoms with van der Waals surface area (Å²) in [6.07, 6.45) is 7.14. The summed E-state index contributed by atoms with van der Waals surface area (Å²) in [6, 6.07) is 9.17. The molecule has 5 atom stereocenters. The van der Waals surface area contributed by atoms with Crippen LogP contribution in [0.15, 0.2) is 35.9 Å². The molecule has 0 amide bonds. The topological polar surface area (TPSA) is 48.6 Å². The molecule has 0 saturated carbocycles. The number of aromatic amines is 1. The number of benzene rings is 1. The SMILES string of the molecule is COC(=O)[C@@]1(C)[C@@H](N2CCCC2)C(C)=C[C@@H]2[C@@H]3c4[nH]c5ccccc5c4CCN3CC[C@@H]21. The first-order valence-corrected chi connectivity index (χ1v) is 12.4. The van der Waals surface area contributed by atoms with Gasteiger partial charge < -0.3 is 9.72 Å². The van der Waals surface area contributed by atoms with Crippen LogP contribution in [0.2, 0.25) is 0 Å². The number of aromatic nitrogens is 1. The van der Waals surface area contributed by atoms with E-state index in [1.54, 1.807) is 7.11 Å². The van der Waals surface area contributed by atoms with Crippen molar-refractivity contribution in [1.82, 2.24) is 14.8 Å². The molecule has 1 N–H and O–H groups in total. The molecule has 0 unspecified atom stereocenters. The van der Waals surface area contributed by atoms with E-state index < -0.39 is 5.41 Å². The number of ether oxygens (including phenoxy) is 1. The van der Waals surface area contributed by atoms with Crippen LogP contribution >= 0.6 is 0 Å². The summed E-state index contributed by atoms with van der Waals surface area (Å²) >= 11 is 0. The molecule has 1 aromatic heterocycles. The number of hydrogen-bond acceptors (Lipinski definition) is 4. The van der Waals surface area contributed by atoms with Gasteiger partial charge in [-0.3, -0.25) is 14.6 Å². The molecule has 1 aliphatic carbocycles. The Labute approximate surface area is 190 Å². The number of carbonyl (C=O) groups excluding carboxylic acids is 1. The van der Waals surface area contributed by atoms with Crippen molar-refractivity contribution < 1.29 is 9.53 Å². The summed E-state index contributed by atoms with van der Waals surface area (Å²) in [6.45, 7) is 8.78. The van der Waals surface area contributed by atoms with Gasteiger partial charge in [-0.15, -0.1) is 0 Å². The number of esters is 1. The van der Waals surface area contributed by atoms with Crippen LogP contribution in [0.25, 0.3) is 10.9 Å². The standard InChI is InChI=1S/C27H35N3O2/c1-17-16-20-21(27(2,26(31)32-3)25(17)30-12-6-7-13-30)11-15-29-14-10-19-18-8-4-5-9-22(18)28-23(19)24(20)29/h4-5,8-9,16,20-21,24-25,28H,6-7,10-15H2,1-3H3/t20-,21-,24+,25-,27+/m0/s1. The molecule has 5 nitrogen and oxygen atoms in total. The Bertz CT molecular complexity index is 1080. The number of carbonyl (C=O) groups is 1. The average Bonchev–Trinajstić information content (AvgIpc) is 3.46. The van der Waals surface area contributed by atoms with Crippen LogP contribution < -0.4 is 0 Å². The van der Waals surface area contributed by atoms with Crippen LogP contribution in [0.1, 0.15) is 50.4 Å². The van der Waals surface area contributed by atoms with Crippen molar-refractivity contribution in [1.29, 1.82) is 0 Å². The van der Waals surface area contributed by atoms with Crippen molar-refractivity contribution in [3.8, 4) is 0 Å². The van der Waals surface area contributed by atoms with Gasteiger partial charge in [0.25, 0.3) is 0 Å². The molecule has 2 fully saturated rings. The Hall–Kier alpha value is -2.11. The van der Waals surface area contributed by atoms with Crippen LogP contribution in [-0.4, -0.2) is 60.1 Å². The van der Waals surface area contributed by atoms with Gasteiger partial charge in [0.15, 0.2) is 0 Å². The summed E-state index contributed by atoms with van der Waals surface area (Å²) < 4.78 is 5.52. The number of hydrogen-bond donors (Lipinski definition) is 1. The first-order valence-electron chi connectivity index (χ1n) is 12.4. The number of H-pyrrole nitrogens is 1. The fraction of sp³-hybridized carbons (Fsp3) is 0.593. The number of nitrogens with one attached hydrogen (secondary N) is 1. The second-order valence-corrected chi connectivity index (χ2v) is 10.6. The number of rotatable bonds is 2. The quantitative estimate of drug-likeness (QED) is 0.566. The van der Waals surface area contributed by atoms with Gasteiger partial charge in [0.2, 0.25) is 0 Å². The zero-order valence-corrected chi connectivity index (χ0v) is 19.6. The second kappa shape index (κ2) is 7.46. The first kappa shape index (κ1) is 20.5. The van der Waals surface area contributed by atoms with E-state index in [4.69, 9.17) is 4.74 Å². The number of methoxy groups -OCH3 is 1. The molecule has 3 aliphatic heterocycles. The highest BCUT2D eigenvalue weighted by Gasteiger charge is 2.59. The summed E-state index contributed by atoms with van der Waals surface area (Å²) in [5, 5.41) is 1.37. The highest BCUT2D eigenvalue weighted by molar-refractivity contribution is 5.85. The smallest absolute Gasteiger partial charge is 0.313 e. The zero-order chi connectivity index (χ0) is 22.0. The third-order valence-corrected chi connectivity index (χ3v) is 9.10. The highest BCUT2D eigenvalue weighted by atomic mass is 16.5. The molecule has 2 saturated heterocycles. The maximum atomic E-state index is 13.5. The van der Waals surface area contributed by atoms with Crippen molar-refractivity contribution in [2.75, 3.05) is 33.3 Å². The Balaban J connectivity index is 1.49. The maximum absolute atomic E-state index is 13.5. The van der Waals surface area contributed by atoms with Gasteiger partial charge in [-0.25, -0.2) is 0 Å². The molecule has 2 aromatic rings. The molecular formula is C27H35N3O2. The monoisotopic (exact) mass is 433 g/mol. The third kappa shape index (κ3) is 2.73. The van der Waals surface area contributed by atoms with Gasteiger partial charge in [0, 0.05) is 35.1 Å². The zero-order valence-electron chi connectivity index (χ0n) is 19.6. The van der Waals surface area contributed by atoms with Gasteiger partial charge in [0.1, 0.15) is 0 Å².